The van der Waals surface area contributed by atoms with Crippen LogP contribution in [-0.2, 0) is 20.9 Å². The molecule has 24 heavy (non-hydrogen) atoms. The summed E-state index contributed by atoms with van der Waals surface area (Å²) in [5.41, 5.74) is 5.90. The molecule has 0 radical (unpaired) electrons. The number of non-ortho nitro benzene ring substituents is 1. The normalized spacial score (nSPS) is 11.5. The lowest BCUT2D eigenvalue weighted by Gasteiger charge is -2.13. The number of esters is 1. The Balaban J connectivity index is 2.08. The number of carbonyl (C=O) groups is 2. The van der Waals surface area contributed by atoms with E-state index in [4.69, 9.17) is 10.5 Å². The van der Waals surface area contributed by atoms with E-state index in [1.54, 1.807) is 0 Å². The summed E-state index contributed by atoms with van der Waals surface area (Å²) in [7, 11) is 0. The zero-order valence-electron chi connectivity index (χ0n) is 12.4. The Morgan fingerprint density at radius 2 is 1.88 bits per heavy atom. The number of carbonyl (C=O) groups excluding carboxylic acids is 2. The number of nitro benzene ring substituents is 1. The van der Waals surface area contributed by atoms with Crippen LogP contribution >= 0.6 is 0 Å². The van der Waals surface area contributed by atoms with Gasteiger partial charge < -0.3 is 15.6 Å². The largest absolute Gasteiger partial charge is 0.508 e. The maximum absolute atomic E-state index is 12.1. The van der Waals surface area contributed by atoms with Crippen LogP contribution < -0.4 is 5.73 Å². The van der Waals surface area contributed by atoms with Crippen molar-refractivity contribution in [2.75, 3.05) is 0 Å². The van der Waals surface area contributed by atoms with Gasteiger partial charge in [0, 0.05) is 12.1 Å². The van der Waals surface area contributed by atoms with E-state index in [0.29, 0.717) is 5.56 Å². The maximum Gasteiger partial charge on any atom is 0.323 e. The fraction of sp³-hybridized carbons (Fsp3) is 0.125. The van der Waals surface area contributed by atoms with E-state index in [-0.39, 0.29) is 23.6 Å². The van der Waals surface area contributed by atoms with Gasteiger partial charge >= 0.3 is 5.97 Å². The van der Waals surface area contributed by atoms with Gasteiger partial charge in [-0.3, -0.25) is 19.7 Å². The fourth-order valence-electron chi connectivity index (χ4n) is 2.07. The number of nitro groups is 1. The first-order valence-electron chi connectivity index (χ1n) is 6.86. The van der Waals surface area contributed by atoms with Crippen LogP contribution in [0.4, 0.5) is 5.69 Å². The number of hydrogen-bond donors (Lipinski definition) is 2. The van der Waals surface area contributed by atoms with Gasteiger partial charge in [0.05, 0.1) is 4.92 Å². The van der Waals surface area contributed by atoms with Gasteiger partial charge in [-0.05, 0) is 35.4 Å². The Morgan fingerprint density at radius 3 is 2.42 bits per heavy atom. The summed E-state index contributed by atoms with van der Waals surface area (Å²) in [6.45, 7) is -0.167. The summed E-state index contributed by atoms with van der Waals surface area (Å²) in [6.07, 6.45) is 0. The molecular formula is C16H14N2O6. The van der Waals surface area contributed by atoms with Crippen molar-refractivity contribution in [1.29, 1.82) is 0 Å². The molecule has 2 aromatic rings. The molecule has 0 saturated carbocycles. The molecule has 0 fully saturated rings. The van der Waals surface area contributed by atoms with Crippen LogP contribution in [0.3, 0.4) is 0 Å². The summed E-state index contributed by atoms with van der Waals surface area (Å²) >= 11 is 0. The van der Waals surface area contributed by atoms with E-state index >= 15 is 0 Å². The number of benzene rings is 2. The number of rotatable bonds is 6. The Hall–Kier alpha value is -3.42. The number of primary amides is 1. The highest BCUT2D eigenvalue weighted by atomic mass is 16.6. The highest BCUT2D eigenvalue weighted by molar-refractivity contribution is 6.02. The van der Waals surface area contributed by atoms with Crippen LogP contribution in [0.2, 0.25) is 0 Å². The van der Waals surface area contributed by atoms with Crippen molar-refractivity contribution < 1.29 is 24.4 Å². The van der Waals surface area contributed by atoms with Crippen LogP contribution in [0.25, 0.3) is 0 Å². The third-order valence-corrected chi connectivity index (χ3v) is 3.25. The molecule has 0 saturated heterocycles. The number of phenolic OH excluding ortho intramolecular Hbond substituents is 1. The molecule has 1 atom stereocenters. The molecule has 2 rings (SSSR count). The number of nitrogens with two attached hydrogens (primary N) is 1. The van der Waals surface area contributed by atoms with Crippen molar-refractivity contribution in [3.05, 3.63) is 69.8 Å². The van der Waals surface area contributed by atoms with Gasteiger partial charge in [0.25, 0.3) is 5.69 Å². The summed E-state index contributed by atoms with van der Waals surface area (Å²) < 4.78 is 5.05. The lowest BCUT2D eigenvalue weighted by Crippen LogP contribution is -2.29. The fourth-order valence-corrected chi connectivity index (χ4v) is 2.07. The van der Waals surface area contributed by atoms with Gasteiger partial charge in [0.1, 0.15) is 12.4 Å². The molecule has 0 aromatic heterocycles. The molecule has 8 nitrogen and oxygen atoms in total. The first kappa shape index (κ1) is 16.9. The monoisotopic (exact) mass is 330 g/mol. The highest BCUT2D eigenvalue weighted by Gasteiger charge is 2.28. The van der Waals surface area contributed by atoms with E-state index in [2.05, 4.69) is 0 Å². The van der Waals surface area contributed by atoms with E-state index in [9.17, 15) is 24.8 Å². The number of hydrogen-bond acceptors (Lipinski definition) is 6. The van der Waals surface area contributed by atoms with Crippen LogP contribution in [-0.4, -0.2) is 21.9 Å². The minimum Gasteiger partial charge on any atom is -0.508 e. The predicted octanol–water partition coefficient (Wildman–Crippen LogP) is 1.61. The van der Waals surface area contributed by atoms with Crippen molar-refractivity contribution in [2.24, 2.45) is 5.73 Å². The molecule has 1 unspecified atom stereocenters. The van der Waals surface area contributed by atoms with Gasteiger partial charge in [-0.2, -0.15) is 0 Å². The third kappa shape index (κ3) is 4.07. The summed E-state index contributed by atoms with van der Waals surface area (Å²) in [4.78, 5) is 33.7. The SMILES string of the molecule is NC(=O)C(C(=O)OCc1ccc([N+](=O)[O-])cc1)c1cccc(O)c1. The average Bonchev–Trinajstić information content (AvgIpc) is 2.53. The van der Waals surface area contributed by atoms with Crippen LogP contribution in [0.15, 0.2) is 48.5 Å². The van der Waals surface area contributed by atoms with Gasteiger partial charge in [-0.1, -0.05) is 12.1 Å². The van der Waals surface area contributed by atoms with Crippen molar-refractivity contribution in [2.45, 2.75) is 12.5 Å². The minimum atomic E-state index is -1.35. The molecular weight excluding hydrogens is 316 g/mol. The second kappa shape index (κ2) is 7.23. The van der Waals surface area contributed by atoms with Crippen LogP contribution in [0.1, 0.15) is 17.0 Å². The molecule has 0 aliphatic heterocycles. The number of aromatic hydroxyl groups is 1. The van der Waals surface area contributed by atoms with E-state index < -0.39 is 22.7 Å². The summed E-state index contributed by atoms with van der Waals surface area (Å²) in [5.74, 6) is -3.24. The van der Waals surface area contributed by atoms with Crippen molar-refractivity contribution in [3.63, 3.8) is 0 Å². The Morgan fingerprint density at radius 1 is 1.21 bits per heavy atom. The van der Waals surface area contributed by atoms with Crippen molar-refractivity contribution >= 4 is 17.6 Å². The molecule has 0 aliphatic rings. The number of amides is 1. The summed E-state index contributed by atoms with van der Waals surface area (Å²) in [6, 6.07) is 11.0. The first-order valence-corrected chi connectivity index (χ1v) is 6.86. The molecule has 0 spiro atoms. The van der Waals surface area contributed by atoms with Crippen molar-refractivity contribution in [1.82, 2.24) is 0 Å². The number of phenols is 1. The third-order valence-electron chi connectivity index (χ3n) is 3.25. The zero-order chi connectivity index (χ0) is 17.7. The first-order chi connectivity index (χ1) is 11.4. The molecule has 0 aliphatic carbocycles. The van der Waals surface area contributed by atoms with Crippen LogP contribution in [0, 0.1) is 10.1 Å². The Labute approximate surface area is 136 Å². The topological polar surface area (TPSA) is 133 Å². The van der Waals surface area contributed by atoms with Gasteiger partial charge in [-0.15, -0.1) is 0 Å². The zero-order valence-corrected chi connectivity index (χ0v) is 12.4. The Kier molecular flexibility index (Phi) is 5.10. The predicted molar refractivity (Wildman–Crippen MR) is 82.9 cm³/mol. The Bertz CT molecular complexity index is 772. The van der Waals surface area contributed by atoms with Crippen LogP contribution in [0.5, 0.6) is 5.75 Å². The maximum atomic E-state index is 12.1. The van der Waals surface area contributed by atoms with E-state index in [1.807, 2.05) is 0 Å². The second-order valence-electron chi connectivity index (χ2n) is 4.96. The van der Waals surface area contributed by atoms with Gasteiger partial charge in [-0.25, -0.2) is 0 Å². The molecule has 124 valence electrons. The van der Waals surface area contributed by atoms with Gasteiger partial charge in [0.2, 0.25) is 5.91 Å². The lowest BCUT2D eigenvalue weighted by molar-refractivity contribution is -0.384. The minimum absolute atomic E-state index is 0.0835. The van der Waals surface area contributed by atoms with Gasteiger partial charge in [0.15, 0.2) is 5.92 Å². The van der Waals surface area contributed by atoms with E-state index in [0.717, 1.165) is 0 Å². The molecule has 0 heterocycles. The highest BCUT2D eigenvalue weighted by Crippen LogP contribution is 2.22. The average molecular weight is 330 g/mol. The van der Waals surface area contributed by atoms with Crippen molar-refractivity contribution in [3.8, 4) is 5.75 Å². The molecule has 8 heteroatoms. The molecule has 3 N–H and O–H groups in total. The number of ether oxygens (including phenoxy) is 1. The molecule has 1 amide bonds. The number of nitrogens with zero attached hydrogens (tertiary/aromatic N) is 1. The quantitative estimate of drug-likeness (QED) is 0.358. The second-order valence-corrected chi connectivity index (χ2v) is 4.96. The molecule has 0 bridgehead atoms. The standard InChI is InChI=1S/C16H14N2O6/c17-15(20)14(11-2-1-3-13(19)8-11)16(21)24-9-10-4-6-12(7-5-10)18(22)23/h1-8,14,19H,9H2,(H2,17,20). The lowest BCUT2D eigenvalue weighted by atomic mass is 9.98. The summed E-state index contributed by atoms with van der Waals surface area (Å²) in [5, 5.41) is 20.0. The van der Waals surface area contributed by atoms with E-state index in [1.165, 1.54) is 48.5 Å². The smallest absolute Gasteiger partial charge is 0.323 e. The molecule has 2 aromatic carbocycles.